The lowest BCUT2D eigenvalue weighted by Crippen LogP contribution is -2.03. The molecule has 0 fully saturated rings. The van der Waals surface area contributed by atoms with Crippen LogP contribution in [0.2, 0.25) is 0 Å². The predicted octanol–water partition coefficient (Wildman–Crippen LogP) is 2.18. The van der Waals surface area contributed by atoms with Gasteiger partial charge in [-0.15, -0.1) is 0 Å². The summed E-state index contributed by atoms with van der Waals surface area (Å²) in [6, 6.07) is 7.35. The van der Waals surface area contributed by atoms with Crippen molar-refractivity contribution < 1.29 is 14.6 Å². The zero-order chi connectivity index (χ0) is 12.4. The highest BCUT2D eigenvalue weighted by Crippen LogP contribution is 2.27. The van der Waals surface area contributed by atoms with Gasteiger partial charge in [0.1, 0.15) is 5.75 Å². The molecular weight excluding hydrogens is 218 g/mol. The third kappa shape index (κ3) is 2.20. The van der Waals surface area contributed by atoms with Gasteiger partial charge >= 0.3 is 5.97 Å². The molecule has 17 heavy (non-hydrogen) atoms. The second kappa shape index (κ2) is 4.41. The fourth-order valence-corrected chi connectivity index (χ4v) is 1.87. The smallest absolute Gasteiger partial charge is 0.307 e. The molecule has 2 aromatic rings. The Balaban J connectivity index is 2.69. The number of pyridine rings is 1. The maximum Gasteiger partial charge on any atom is 0.307 e. The molecule has 0 saturated heterocycles. The Hall–Kier alpha value is -2.10. The van der Waals surface area contributed by atoms with Crippen molar-refractivity contribution in [3.05, 3.63) is 35.5 Å². The van der Waals surface area contributed by atoms with Crippen molar-refractivity contribution in [3.8, 4) is 5.75 Å². The lowest BCUT2D eigenvalue weighted by atomic mass is 10.0. The van der Waals surface area contributed by atoms with Gasteiger partial charge in [-0.05, 0) is 25.1 Å². The Bertz CT molecular complexity index is 578. The first-order valence-electron chi connectivity index (χ1n) is 5.27. The van der Waals surface area contributed by atoms with Crippen LogP contribution < -0.4 is 4.74 Å². The van der Waals surface area contributed by atoms with Crippen LogP contribution in [0, 0.1) is 6.92 Å². The normalized spacial score (nSPS) is 10.5. The molecule has 0 atom stereocenters. The summed E-state index contributed by atoms with van der Waals surface area (Å²) in [6.45, 7) is 1.90. The maximum absolute atomic E-state index is 10.9. The molecule has 1 aromatic heterocycles. The first-order chi connectivity index (χ1) is 8.11. The molecule has 0 amide bonds. The number of fused-ring (bicyclic) bond motifs is 1. The SMILES string of the molecule is COc1ccc2nc(C)ccc2c1CC(=O)O. The van der Waals surface area contributed by atoms with Crippen molar-refractivity contribution >= 4 is 16.9 Å². The molecule has 0 saturated carbocycles. The van der Waals surface area contributed by atoms with Gasteiger partial charge in [0, 0.05) is 16.6 Å². The molecule has 4 nitrogen and oxygen atoms in total. The quantitative estimate of drug-likeness (QED) is 0.879. The number of carboxylic acids is 1. The number of ether oxygens (including phenoxy) is 1. The van der Waals surface area contributed by atoms with Crippen molar-refractivity contribution in [2.45, 2.75) is 13.3 Å². The van der Waals surface area contributed by atoms with E-state index in [2.05, 4.69) is 4.98 Å². The number of hydrogen-bond donors (Lipinski definition) is 1. The zero-order valence-corrected chi connectivity index (χ0v) is 9.73. The fourth-order valence-electron chi connectivity index (χ4n) is 1.87. The molecule has 0 unspecified atom stereocenters. The van der Waals surface area contributed by atoms with Crippen LogP contribution in [0.1, 0.15) is 11.3 Å². The minimum Gasteiger partial charge on any atom is -0.496 e. The van der Waals surface area contributed by atoms with Gasteiger partial charge in [0.25, 0.3) is 0 Å². The Labute approximate surface area is 98.9 Å². The number of nitrogens with zero attached hydrogens (tertiary/aromatic N) is 1. The Morgan fingerprint density at radius 3 is 2.76 bits per heavy atom. The number of methoxy groups -OCH3 is 1. The Morgan fingerprint density at radius 2 is 2.12 bits per heavy atom. The summed E-state index contributed by atoms with van der Waals surface area (Å²) in [7, 11) is 1.54. The van der Waals surface area contributed by atoms with Crippen LogP contribution in [0.15, 0.2) is 24.3 Å². The van der Waals surface area contributed by atoms with Gasteiger partial charge in [-0.2, -0.15) is 0 Å². The number of carboxylic acid groups (broad SMARTS) is 1. The number of carbonyl (C=O) groups is 1. The first-order valence-corrected chi connectivity index (χ1v) is 5.27. The second-order valence-corrected chi connectivity index (χ2v) is 3.84. The average molecular weight is 231 g/mol. The summed E-state index contributed by atoms with van der Waals surface area (Å²) < 4.78 is 5.19. The molecule has 2 rings (SSSR count). The molecule has 4 heteroatoms. The molecule has 0 radical (unpaired) electrons. The standard InChI is InChI=1S/C13H13NO3/c1-8-3-4-9-10(7-13(15)16)12(17-2)6-5-11(9)14-8/h3-6H,7H2,1-2H3,(H,15,16). The van der Waals surface area contributed by atoms with Gasteiger partial charge in [0.15, 0.2) is 0 Å². The number of aromatic nitrogens is 1. The highest BCUT2D eigenvalue weighted by Gasteiger charge is 2.12. The number of aliphatic carboxylic acids is 1. The van der Waals surface area contributed by atoms with Crippen LogP contribution in [0.3, 0.4) is 0 Å². The predicted molar refractivity (Wildman–Crippen MR) is 64.4 cm³/mol. The lowest BCUT2D eigenvalue weighted by molar-refractivity contribution is -0.136. The monoisotopic (exact) mass is 231 g/mol. The van der Waals surface area contributed by atoms with E-state index < -0.39 is 5.97 Å². The van der Waals surface area contributed by atoms with E-state index in [1.807, 2.05) is 25.1 Å². The van der Waals surface area contributed by atoms with Crippen molar-refractivity contribution in [1.29, 1.82) is 0 Å². The van der Waals surface area contributed by atoms with E-state index in [4.69, 9.17) is 9.84 Å². The van der Waals surface area contributed by atoms with Crippen molar-refractivity contribution in [2.75, 3.05) is 7.11 Å². The maximum atomic E-state index is 10.9. The Kier molecular flexibility index (Phi) is 2.95. The van der Waals surface area contributed by atoms with E-state index in [0.717, 1.165) is 16.6 Å². The summed E-state index contributed by atoms with van der Waals surface area (Å²) in [4.78, 5) is 15.2. The number of rotatable bonds is 3. The summed E-state index contributed by atoms with van der Waals surface area (Å²) in [5.41, 5.74) is 2.37. The summed E-state index contributed by atoms with van der Waals surface area (Å²) in [6.07, 6.45) is -0.0642. The van der Waals surface area contributed by atoms with Gasteiger partial charge < -0.3 is 9.84 Å². The van der Waals surface area contributed by atoms with Gasteiger partial charge in [0.05, 0.1) is 19.0 Å². The third-order valence-corrected chi connectivity index (χ3v) is 2.63. The van der Waals surface area contributed by atoms with Gasteiger partial charge in [-0.3, -0.25) is 9.78 Å². The van der Waals surface area contributed by atoms with Gasteiger partial charge in [0.2, 0.25) is 0 Å². The molecule has 0 aliphatic rings. The summed E-state index contributed by atoms with van der Waals surface area (Å²) in [5.74, 6) is -0.290. The molecule has 1 aromatic carbocycles. The van der Waals surface area contributed by atoms with Crippen molar-refractivity contribution in [2.24, 2.45) is 0 Å². The molecule has 0 bridgehead atoms. The molecule has 1 heterocycles. The molecule has 0 aliphatic heterocycles. The van der Waals surface area contributed by atoms with Crippen molar-refractivity contribution in [1.82, 2.24) is 4.98 Å². The first kappa shape index (κ1) is 11.4. The zero-order valence-electron chi connectivity index (χ0n) is 9.73. The van der Waals surface area contributed by atoms with Crippen LogP contribution >= 0.6 is 0 Å². The van der Waals surface area contributed by atoms with Gasteiger partial charge in [-0.1, -0.05) is 6.07 Å². The van der Waals surface area contributed by atoms with Crippen LogP contribution in [0.25, 0.3) is 10.9 Å². The molecule has 1 N–H and O–H groups in total. The molecule has 0 aliphatic carbocycles. The fraction of sp³-hybridized carbons (Fsp3) is 0.231. The van der Waals surface area contributed by atoms with E-state index in [-0.39, 0.29) is 6.42 Å². The van der Waals surface area contributed by atoms with Crippen LogP contribution in [-0.2, 0) is 11.2 Å². The summed E-state index contributed by atoms with van der Waals surface area (Å²) in [5, 5.41) is 9.76. The molecular formula is C13H13NO3. The van der Waals surface area contributed by atoms with Crippen LogP contribution in [0.5, 0.6) is 5.75 Å². The summed E-state index contributed by atoms with van der Waals surface area (Å²) >= 11 is 0. The second-order valence-electron chi connectivity index (χ2n) is 3.84. The molecule has 88 valence electrons. The van der Waals surface area contributed by atoms with Crippen LogP contribution in [-0.4, -0.2) is 23.2 Å². The highest BCUT2D eigenvalue weighted by atomic mass is 16.5. The van der Waals surface area contributed by atoms with Crippen LogP contribution in [0.4, 0.5) is 0 Å². The van der Waals surface area contributed by atoms with E-state index in [1.54, 1.807) is 6.07 Å². The van der Waals surface area contributed by atoms with Crippen molar-refractivity contribution in [3.63, 3.8) is 0 Å². The van der Waals surface area contributed by atoms with E-state index in [9.17, 15) is 4.79 Å². The third-order valence-electron chi connectivity index (χ3n) is 2.63. The highest BCUT2D eigenvalue weighted by molar-refractivity contribution is 5.88. The number of benzene rings is 1. The number of hydrogen-bond acceptors (Lipinski definition) is 3. The van der Waals surface area contributed by atoms with E-state index in [1.165, 1.54) is 7.11 Å². The minimum atomic E-state index is -0.878. The molecule has 0 spiro atoms. The number of aryl methyl sites for hydroxylation is 1. The van der Waals surface area contributed by atoms with E-state index in [0.29, 0.717) is 11.3 Å². The topological polar surface area (TPSA) is 59.4 Å². The average Bonchev–Trinajstić information content (AvgIpc) is 2.28. The minimum absolute atomic E-state index is 0.0642. The lowest BCUT2D eigenvalue weighted by Gasteiger charge is -2.10. The largest absolute Gasteiger partial charge is 0.496 e. The van der Waals surface area contributed by atoms with E-state index >= 15 is 0 Å². The Morgan fingerprint density at radius 1 is 1.35 bits per heavy atom. The van der Waals surface area contributed by atoms with Gasteiger partial charge in [-0.25, -0.2) is 0 Å².